The number of nitrogens with zero attached hydrogens (tertiary/aromatic N) is 1. The third-order valence-corrected chi connectivity index (χ3v) is 3.29. The summed E-state index contributed by atoms with van der Waals surface area (Å²) in [7, 11) is 0. The summed E-state index contributed by atoms with van der Waals surface area (Å²) in [6, 6.07) is 9.07. The van der Waals surface area contributed by atoms with E-state index in [2.05, 4.69) is 5.32 Å². The summed E-state index contributed by atoms with van der Waals surface area (Å²) < 4.78 is 17.5. The molecular formula is C17H12ClFN2O5. The van der Waals surface area contributed by atoms with Crippen molar-refractivity contribution in [3.8, 4) is 0 Å². The number of benzene rings is 2. The number of carbonyl (C=O) groups excluding carboxylic acids is 2. The fourth-order valence-corrected chi connectivity index (χ4v) is 2.05. The van der Waals surface area contributed by atoms with Gasteiger partial charge in [0, 0.05) is 17.2 Å². The molecule has 0 fully saturated rings. The number of carbonyl (C=O) groups is 2. The topological polar surface area (TPSA) is 98.5 Å². The number of hydrogen-bond donors (Lipinski definition) is 1. The number of ether oxygens (including phenoxy) is 1. The van der Waals surface area contributed by atoms with Gasteiger partial charge >= 0.3 is 5.97 Å². The average Bonchev–Trinajstić information content (AvgIpc) is 2.59. The molecule has 9 heteroatoms. The van der Waals surface area contributed by atoms with Gasteiger partial charge < -0.3 is 10.1 Å². The fraction of sp³-hybridized carbons (Fsp3) is 0.0588. The van der Waals surface area contributed by atoms with Crippen LogP contribution in [0.4, 0.5) is 15.8 Å². The molecule has 0 aliphatic heterocycles. The summed E-state index contributed by atoms with van der Waals surface area (Å²) in [4.78, 5) is 33.6. The van der Waals surface area contributed by atoms with Crippen molar-refractivity contribution in [3.05, 3.63) is 75.1 Å². The molecule has 0 aliphatic carbocycles. The maximum atomic E-state index is 12.8. The van der Waals surface area contributed by atoms with Crippen LogP contribution >= 0.6 is 11.6 Å². The van der Waals surface area contributed by atoms with Gasteiger partial charge in [-0.15, -0.1) is 0 Å². The van der Waals surface area contributed by atoms with Gasteiger partial charge in [-0.05, 0) is 35.9 Å². The number of nitrogens with one attached hydrogen (secondary N) is 1. The lowest BCUT2D eigenvalue weighted by molar-refractivity contribution is -0.383. The Kier molecular flexibility index (Phi) is 6.40. The van der Waals surface area contributed by atoms with Crippen LogP contribution in [0.1, 0.15) is 5.56 Å². The van der Waals surface area contributed by atoms with Gasteiger partial charge in [-0.25, -0.2) is 9.18 Å². The summed E-state index contributed by atoms with van der Waals surface area (Å²) in [5, 5.41) is 13.4. The van der Waals surface area contributed by atoms with Gasteiger partial charge in [-0.1, -0.05) is 23.7 Å². The van der Waals surface area contributed by atoms with E-state index in [1.807, 2.05) is 0 Å². The standard InChI is InChI=1S/C17H12ClFN2O5/c18-12-4-7-15(21(24)25)14(9-12)20-16(22)10-26-17(23)8-3-11-1-5-13(19)6-2-11/h1-9H,10H2,(H,20,22)/b8-3+. The molecule has 134 valence electrons. The van der Waals surface area contributed by atoms with Crippen LogP contribution < -0.4 is 5.32 Å². The molecular weight excluding hydrogens is 367 g/mol. The zero-order chi connectivity index (χ0) is 19.1. The normalized spacial score (nSPS) is 10.5. The second-order valence-electron chi connectivity index (χ2n) is 4.96. The van der Waals surface area contributed by atoms with E-state index in [4.69, 9.17) is 16.3 Å². The first-order valence-corrected chi connectivity index (χ1v) is 7.57. The lowest BCUT2D eigenvalue weighted by Gasteiger charge is -2.06. The molecule has 0 spiro atoms. The highest BCUT2D eigenvalue weighted by atomic mass is 35.5. The molecule has 0 aliphatic rings. The van der Waals surface area contributed by atoms with Gasteiger partial charge in [0.2, 0.25) is 0 Å². The molecule has 0 unspecified atom stereocenters. The quantitative estimate of drug-likeness (QED) is 0.358. The molecule has 2 aromatic rings. The molecule has 0 heterocycles. The second-order valence-corrected chi connectivity index (χ2v) is 5.40. The van der Waals surface area contributed by atoms with Crippen molar-refractivity contribution in [1.82, 2.24) is 0 Å². The summed E-state index contributed by atoms with van der Waals surface area (Å²) in [6.45, 7) is -0.643. The van der Waals surface area contributed by atoms with Crippen LogP contribution in [0.2, 0.25) is 5.02 Å². The summed E-state index contributed by atoms with van der Waals surface area (Å²) in [5.41, 5.74) is 0.123. The minimum absolute atomic E-state index is 0.106. The first-order chi connectivity index (χ1) is 12.3. The van der Waals surface area contributed by atoms with Crippen molar-refractivity contribution in [2.45, 2.75) is 0 Å². The van der Waals surface area contributed by atoms with E-state index in [1.165, 1.54) is 42.5 Å². The Morgan fingerprint density at radius 3 is 2.58 bits per heavy atom. The minimum Gasteiger partial charge on any atom is -0.452 e. The maximum absolute atomic E-state index is 12.8. The molecule has 2 aromatic carbocycles. The van der Waals surface area contributed by atoms with Crippen molar-refractivity contribution in [2.75, 3.05) is 11.9 Å². The average molecular weight is 379 g/mol. The zero-order valence-corrected chi connectivity index (χ0v) is 13.9. The van der Waals surface area contributed by atoms with E-state index in [-0.39, 0.29) is 16.4 Å². The minimum atomic E-state index is -0.801. The SMILES string of the molecule is O=C(COC(=O)/C=C/c1ccc(F)cc1)Nc1cc(Cl)ccc1[N+](=O)[O-]. The Balaban J connectivity index is 1.90. The van der Waals surface area contributed by atoms with Crippen LogP contribution in [0.25, 0.3) is 6.08 Å². The van der Waals surface area contributed by atoms with Crippen molar-refractivity contribution in [2.24, 2.45) is 0 Å². The number of halogens is 2. The van der Waals surface area contributed by atoms with Crippen molar-refractivity contribution in [1.29, 1.82) is 0 Å². The predicted molar refractivity (Wildman–Crippen MR) is 93.1 cm³/mol. The number of rotatable bonds is 6. The molecule has 0 radical (unpaired) electrons. The molecule has 0 saturated carbocycles. The first-order valence-electron chi connectivity index (χ1n) is 7.19. The molecule has 0 bridgehead atoms. The van der Waals surface area contributed by atoms with Crippen LogP contribution in [0.5, 0.6) is 0 Å². The summed E-state index contributed by atoms with van der Waals surface area (Å²) >= 11 is 5.75. The molecule has 1 N–H and O–H groups in total. The third-order valence-electron chi connectivity index (χ3n) is 3.06. The largest absolute Gasteiger partial charge is 0.452 e. The number of esters is 1. The van der Waals surface area contributed by atoms with E-state index in [0.717, 1.165) is 12.1 Å². The molecule has 0 atom stereocenters. The first kappa shape index (κ1) is 19.1. The Morgan fingerprint density at radius 2 is 1.92 bits per heavy atom. The summed E-state index contributed by atoms with van der Waals surface area (Å²) in [6.07, 6.45) is 2.46. The maximum Gasteiger partial charge on any atom is 0.331 e. The van der Waals surface area contributed by atoms with Crippen LogP contribution in [0, 0.1) is 15.9 Å². The van der Waals surface area contributed by atoms with Crippen molar-refractivity contribution >= 4 is 40.9 Å². The van der Waals surface area contributed by atoms with E-state index >= 15 is 0 Å². The summed E-state index contributed by atoms with van der Waals surface area (Å²) in [5.74, 6) is -1.97. The molecule has 7 nitrogen and oxygen atoms in total. The van der Waals surface area contributed by atoms with Crippen LogP contribution in [0.15, 0.2) is 48.5 Å². The highest BCUT2D eigenvalue weighted by Crippen LogP contribution is 2.27. The predicted octanol–water partition coefficient (Wildman–Crippen LogP) is 3.58. The lowest BCUT2D eigenvalue weighted by atomic mass is 10.2. The van der Waals surface area contributed by atoms with Crippen LogP contribution in [-0.4, -0.2) is 23.4 Å². The van der Waals surface area contributed by atoms with Crippen molar-refractivity contribution < 1.29 is 23.6 Å². The van der Waals surface area contributed by atoms with E-state index in [9.17, 15) is 24.1 Å². The lowest BCUT2D eigenvalue weighted by Crippen LogP contribution is -2.20. The van der Waals surface area contributed by atoms with Gasteiger partial charge in [0.25, 0.3) is 11.6 Å². The number of nitro groups is 1. The Hall–Kier alpha value is -3.26. The zero-order valence-electron chi connectivity index (χ0n) is 13.1. The van der Waals surface area contributed by atoms with Gasteiger partial charge in [0.1, 0.15) is 11.5 Å². The van der Waals surface area contributed by atoms with E-state index < -0.39 is 29.2 Å². The third kappa shape index (κ3) is 5.67. The second kappa shape index (κ2) is 8.72. The highest BCUT2D eigenvalue weighted by molar-refractivity contribution is 6.31. The Bertz CT molecular complexity index is 868. The smallest absolute Gasteiger partial charge is 0.331 e. The van der Waals surface area contributed by atoms with Gasteiger partial charge in [0.15, 0.2) is 6.61 Å². The number of amides is 1. The van der Waals surface area contributed by atoms with E-state index in [1.54, 1.807) is 0 Å². The molecule has 0 aromatic heterocycles. The highest BCUT2D eigenvalue weighted by Gasteiger charge is 2.16. The molecule has 1 amide bonds. The fourth-order valence-electron chi connectivity index (χ4n) is 1.88. The number of hydrogen-bond acceptors (Lipinski definition) is 5. The van der Waals surface area contributed by atoms with Gasteiger partial charge in [-0.2, -0.15) is 0 Å². The monoisotopic (exact) mass is 378 g/mol. The Labute approximate surface area is 152 Å². The number of anilines is 1. The number of nitro benzene ring substituents is 1. The van der Waals surface area contributed by atoms with Gasteiger partial charge in [0.05, 0.1) is 4.92 Å². The van der Waals surface area contributed by atoms with Crippen LogP contribution in [0.3, 0.4) is 0 Å². The van der Waals surface area contributed by atoms with Crippen molar-refractivity contribution in [3.63, 3.8) is 0 Å². The van der Waals surface area contributed by atoms with Gasteiger partial charge in [-0.3, -0.25) is 14.9 Å². The molecule has 0 saturated heterocycles. The Morgan fingerprint density at radius 1 is 1.23 bits per heavy atom. The van der Waals surface area contributed by atoms with E-state index in [0.29, 0.717) is 5.56 Å². The molecule has 26 heavy (non-hydrogen) atoms. The molecule has 2 rings (SSSR count). The van der Waals surface area contributed by atoms with Crippen LogP contribution in [-0.2, 0) is 14.3 Å².